The fourth-order valence-electron chi connectivity index (χ4n) is 2.70. The predicted octanol–water partition coefficient (Wildman–Crippen LogP) is -0.455. The molecule has 0 unspecified atom stereocenters. The van der Waals surface area contributed by atoms with E-state index in [1.54, 1.807) is 24.3 Å². The van der Waals surface area contributed by atoms with E-state index in [4.69, 9.17) is 0 Å². The van der Waals surface area contributed by atoms with Gasteiger partial charge in [-0.2, -0.15) is 18.9 Å². The van der Waals surface area contributed by atoms with E-state index in [-0.39, 0.29) is 11.0 Å². The minimum Gasteiger partial charge on any atom is -0.619 e. The normalized spacial score (nSPS) is 9.26. The van der Waals surface area contributed by atoms with Crippen molar-refractivity contribution in [1.82, 2.24) is 0 Å². The number of hydrogen-bond donors (Lipinski definition) is 4. The van der Waals surface area contributed by atoms with Crippen molar-refractivity contribution in [2.75, 3.05) is 21.3 Å². The lowest BCUT2D eigenvalue weighted by molar-refractivity contribution is -0.604. The van der Waals surface area contributed by atoms with Gasteiger partial charge in [0.2, 0.25) is 24.8 Å². The number of hydrogen-bond acceptors (Lipinski definition) is 6. The Morgan fingerprint density at radius 3 is 0.868 bits per heavy atom. The topological polar surface area (TPSA) is 253 Å². The lowest BCUT2D eigenvalue weighted by Crippen LogP contribution is -2.28. The van der Waals surface area contributed by atoms with Crippen molar-refractivity contribution in [1.29, 1.82) is 0 Å². The third kappa shape index (κ3) is 10.3. The second-order valence-corrected chi connectivity index (χ2v) is 6.97. The molecule has 16 nitrogen and oxygen atoms in total. The fourth-order valence-corrected chi connectivity index (χ4v) is 2.70. The molecule has 0 atom stereocenters. The van der Waals surface area contributed by atoms with Crippen LogP contribution >= 0.6 is 0 Å². The van der Waals surface area contributed by atoms with Crippen LogP contribution in [0.15, 0.2) is 98.1 Å². The highest BCUT2D eigenvalue weighted by Gasteiger charge is 2.07. The van der Waals surface area contributed by atoms with Crippen LogP contribution in [-0.4, -0.2) is 23.0 Å². The van der Waals surface area contributed by atoms with Gasteiger partial charge in [-0.1, -0.05) is 0 Å². The van der Waals surface area contributed by atoms with Gasteiger partial charge in [-0.05, 0) is 24.3 Å². The van der Waals surface area contributed by atoms with Gasteiger partial charge in [-0.25, -0.2) is 9.59 Å². The van der Waals surface area contributed by atoms with Gasteiger partial charge in [-0.3, -0.25) is 0 Å². The number of nitrogens with zero attached hydrogens (tertiary/aromatic N) is 4. The second-order valence-electron chi connectivity index (χ2n) is 6.97. The van der Waals surface area contributed by atoms with Gasteiger partial charge in [0.25, 0.3) is 0 Å². The summed E-state index contributed by atoms with van der Waals surface area (Å²) in [6.45, 7) is 0. The molecule has 16 heteroatoms. The average Bonchev–Trinajstić information content (AvgIpc) is 2.79. The Morgan fingerprint density at radius 1 is 0.474 bits per heavy atom. The van der Waals surface area contributed by atoms with Crippen LogP contribution in [0.5, 0.6) is 0 Å². The van der Waals surface area contributed by atoms with Gasteiger partial charge in [0.1, 0.15) is 22.7 Å². The first-order chi connectivity index (χ1) is 17.3. The minimum atomic E-state index is -0.535. The van der Waals surface area contributed by atoms with E-state index in [1.807, 2.05) is 0 Å². The van der Waals surface area contributed by atoms with Crippen molar-refractivity contribution < 1.29 is 39.5 Å². The third-order valence-electron chi connectivity index (χ3n) is 4.13. The van der Waals surface area contributed by atoms with Crippen molar-refractivity contribution in [3.63, 3.8) is 0 Å². The molecule has 8 N–H and O–H groups in total. The van der Waals surface area contributed by atoms with Gasteiger partial charge in [0, 0.05) is 24.3 Å². The highest BCUT2D eigenvalue weighted by Crippen LogP contribution is 2.06. The molecule has 0 saturated heterocycles. The molecular weight excluding hydrogens is 504 g/mol. The van der Waals surface area contributed by atoms with E-state index in [2.05, 4.69) is 21.3 Å². The first kappa shape index (κ1) is 30.3. The molecule has 38 heavy (non-hydrogen) atoms. The van der Waals surface area contributed by atoms with Crippen LogP contribution in [0.2, 0.25) is 0 Å². The lowest BCUT2D eigenvalue weighted by Gasteiger charge is -2.06. The maximum atomic E-state index is 11.6. The largest absolute Gasteiger partial charge is 0.619 e. The lowest BCUT2D eigenvalue weighted by atomic mass is 10.4. The van der Waals surface area contributed by atoms with Crippen LogP contribution < -0.4 is 40.2 Å². The minimum absolute atomic E-state index is 0. The van der Waals surface area contributed by atoms with E-state index >= 15 is 0 Å². The molecule has 0 aliphatic rings. The molecule has 0 aliphatic heterocycles. The standard InChI is InChI=1S/2C11H10N4O3.2H2O/c2*16-11(12-9-3-1-5-14(17)7-9)13-10-4-2-6-15(18)8-10;;/h2*1-8H,(H2,12,13,16);2*1H2. The molecular formula is C22H24N8O8. The van der Waals surface area contributed by atoms with Crippen molar-refractivity contribution in [3.8, 4) is 0 Å². The summed E-state index contributed by atoms with van der Waals surface area (Å²) in [6, 6.07) is 11.3. The summed E-state index contributed by atoms with van der Waals surface area (Å²) < 4.78 is 2.29. The van der Waals surface area contributed by atoms with Crippen molar-refractivity contribution in [2.45, 2.75) is 0 Å². The first-order valence-corrected chi connectivity index (χ1v) is 10.2. The second kappa shape index (κ2) is 14.6. The summed E-state index contributed by atoms with van der Waals surface area (Å²) >= 11 is 0. The number of rotatable bonds is 4. The third-order valence-corrected chi connectivity index (χ3v) is 4.13. The summed E-state index contributed by atoms with van der Waals surface area (Å²) in [5, 5.41) is 53.8. The summed E-state index contributed by atoms with van der Waals surface area (Å²) in [4.78, 5) is 23.1. The Morgan fingerprint density at radius 2 is 0.684 bits per heavy atom. The van der Waals surface area contributed by atoms with Crippen molar-refractivity contribution >= 4 is 34.8 Å². The number of nitrogens with one attached hydrogen (secondary N) is 4. The number of pyridine rings is 4. The summed E-state index contributed by atoms with van der Waals surface area (Å²) in [6.07, 6.45) is 10.1. The molecule has 0 aliphatic carbocycles. The number of urea groups is 2. The zero-order valence-electron chi connectivity index (χ0n) is 19.5. The smallest absolute Gasteiger partial charge is 0.324 e. The van der Waals surface area contributed by atoms with Gasteiger partial charge in [0.05, 0.1) is 0 Å². The maximum absolute atomic E-state index is 11.6. The molecule has 0 radical (unpaired) electrons. The summed E-state index contributed by atoms with van der Waals surface area (Å²) in [5.74, 6) is 0. The number of aromatic nitrogens is 4. The van der Waals surface area contributed by atoms with Crippen molar-refractivity contribution in [2.24, 2.45) is 0 Å². The number of carbonyl (C=O) groups is 2. The monoisotopic (exact) mass is 528 g/mol. The average molecular weight is 528 g/mol. The zero-order chi connectivity index (χ0) is 25.9. The highest BCUT2D eigenvalue weighted by molar-refractivity contribution is 5.99. The van der Waals surface area contributed by atoms with Crippen LogP contribution in [0.3, 0.4) is 0 Å². The Balaban J connectivity index is 0.000000361. The Labute approximate surface area is 215 Å². The molecule has 200 valence electrons. The molecule has 0 spiro atoms. The number of anilines is 4. The molecule has 4 amide bonds. The Bertz CT molecular complexity index is 1160. The van der Waals surface area contributed by atoms with Gasteiger partial charge in [0.15, 0.2) is 24.8 Å². The Hall–Kier alpha value is -5.74. The molecule has 0 fully saturated rings. The zero-order valence-corrected chi connectivity index (χ0v) is 19.5. The number of carbonyl (C=O) groups excluding carboxylic acids is 2. The van der Waals surface area contributed by atoms with E-state index in [9.17, 15) is 30.4 Å². The Kier molecular flexibility index (Phi) is 11.6. The molecule has 0 bridgehead atoms. The quantitative estimate of drug-likeness (QED) is 0.201. The van der Waals surface area contributed by atoms with Gasteiger partial charge < -0.3 is 53.0 Å². The molecule has 4 rings (SSSR count). The fraction of sp³-hybridized carbons (Fsp3) is 0. The van der Waals surface area contributed by atoms with Gasteiger partial charge >= 0.3 is 12.1 Å². The predicted molar refractivity (Wildman–Crippen MR) is 134 cm³/mol. The number of amides is 4. The molecule has 4 aromatic heterocycles. The van der Waals surface area contributed by atoms with Crippen LogP contribution in [0, 0.1) is 20.8 Å². The van der Waals surface area contributed by atoms with E-state index in [1.165, 1.54) is 73.8 Å². The summed E-state index contributed by atoms with van der Waals surface area (Å²) in [5.41, 5.74) is 1.43. The van der Waals surface area contributed by atoms with Crippen LogP contribution in [0.1, 0.15) is 0 Å². The van der Waals surface area contributed by atoms with E-state index in [0.29, 0.717) is 41.7 Å². The van der Waals surface area contributed by atoms with Gasteiger partial charge in [-0.15, -0.1) is 0 Å². The van der Waals surface area contributed by atoms with Crippen LogP contribution in [-0.2, 0) is 0 Å². The van der Waals surface area contributed by atoms with Crippen molar-refractivity contribution in [3.05, 3.63) is 119 Å². The van der Waals surface area contributed by atoms with E-state index in [0.717, 1.165) is 0 Å². The molecule has 4 heterocycles. The SMILES string of the molecule is O.O.O=C(Nc1ccc[n+]([O-])c1)Nc1ccc[n+]([O-])c1.O=C(Nc1ccc[n+]([O-])c1)Nc1ccc[n+]([O-])c1. The molecule has 4 aromatic rings. The highest BCUT2D eigenvalue weighted by atomic mass is 16.5. The van der Waals surface area contributed by atoms with E-state index < -0.39 is 12.1 Å². The molecule has 0 aromatic carbocycles. The summed E-state index contributed by atoms with van der Waals surface area (Å²) in [7, 11) is 0. The molecule has 0 saturated carbocycles. The first-order valence-electron chi connectivity index (χ1n) is 10.2. The van der Waals surface area contributed by atoms with Crippen LogP contribution in [0.4, 0.5) is 32.3 Å². The maximum Gasteiger partial charge on any atom is 0.324 e. The van der Waals surface area contributed by atoms with Crippen LogP contribution in [0.25, 0.3) is 0 Å².